The summed E-state index contributed by atoms with van der Waals surface area (Å²) in [6.45, 7) is 5.84. The Morgan fingerprint density at radius 3 is 1.34 bits per heavy atom. The van der Waals surface area contributed by atoms with Crippen molar-refractivity contribution in [2.75, 3.05) is 0 Å². The fraction of sp³-hybridized carbons (Fsp3) is 0.474. The number of hydrogen-bond donors (Lipinski definition) is 0. The first-order valence-corrected chi connectivity index (χ1v) is 8.64. The Morgan fingerprint density at radius 1 is 0.690 bits per heavy atom. The molecule has 10 heteroatoms. The Bertz CT molecular complexity index is 784. The van der Waals surface area contributed by atoms with Gasteiger partial charge in [-0.3, -0.25) is 0 Å². The Hall–Kier alpha value is -2.42. The molecule has 29 heavy (non-hydrogen) atoms. The molecule has 1 heterocycles. The summed E-state index contributed by atoms with van der Waals surface area (Å²) in [5.41, 5.74) is -3.90. The summed E-state index contributed by atoms with van der Waals surface area (Å²) in [6, 6.07) is 6.39. The van der Waals surface area contributed by atoms with Gasteiger partial charge in [-0.1, -0.05) is 63.0 Å². The molecular weight excluding hydrogens is 420 g/mol. The van der Waals surface area contributed by atoms with E-state index >= 15 is 0 Å². The van der Waals surface area contributed by atoms with Crippen molar-refractivity contribution in [1.29, 1.82) is 0 Å². The van der Waals surface area contributed by atoms with Gasteiger partial charge < -0.3 is 45.9 Å². The van der Waals surface area contributed by atoms with Crippen LogP contribution >= 0.6 is 0 Å². The average molecular weight is 443 g/mol. The van der Waals surface area contributed by atoms with E-state index in [0.29, 0.717) is 12.8 Å². The second-order valence-corrected chi connectivity index (χ2v) is 7.86. The third-order valence-corrected chi connectivity index (χ3v) is 4.70. The number of fused-ring (bicyclic) bond motifs is 1. The predicted octanol–water partition coefficient (Wildman–Crippen LogP) is 2.98. The molecule has 1 aromatic rings. The molecule has 1 aliphatic carbocycles. The molecule has 0 bridgehead atoms. The third-order valence-electron chi connectivity index (χ3n) is 4.70. The van der Waals surface area contributed by atoms with Gasteiger partial charge >= 0.3 is 17.1 Å². The number of benzene rings is 1. The quantitative estimate of drug-likeness (QED) is 0.343. The standard InChI is InChI=1S/C19H24N4O4.Fe.H2O/c1-17(2)13(24)20-11-7-5-6-8-12(11)21-14(25)18(3,4)23-16(27)19(9-10-19)15(26)22-17;;/h5-8H,9-10H2,1-4H3,(H4,20,21,22,23,24,25,26,27);;1H2/q;+4;/p-3. The molecule has 0 saturated heterocycles. The van der Waals surface area contributed by atoms with E-state index in [1.165, 1.54) is 27.7 Å². The van der Waals surface area contributed by atoms with Crippen LogP contribution in [0.25, 0.3) is 21.3 Å². The van der Waals surface area contributed by atoms with E-state index in [4.69, 9.17) is 0 Å². The SMILES string of the molecule is CC1(C)[N-]C(=O)C2(CC2)C(=O)[N-]C(C)(C)C(=O)[N-]c2ccccc2[N-]C1=O.[Fe+4].[OH3+]. The van der Waals surface area contributed by atoms with Gasteiger partial charge in [-0.15, -0.1) is 11.4 Å². The van der Waals surface area contributed by atoms with Crippen molar-refractivity contribution in [2.24, 2.45) is 5.41 Å². The topological polar surface area (TPSA) is 158 Å². The van der Waals surface area contributed by atoms with Crippen LogP contribution in [0.5, 0.6) is 0 Å². The zero-order valence-corrected chi connectivity index (χ0v) is 17.7. The second kappa shape index (κ2) is 8.14. The Kier molecular flexibility index (Phi) is 6.91. The van der Waals surface area contributed by atoms with Crippen molar-refractivity contribution in [3.63, 3.8) is 0 Å². The molecule has 3 N–H and O–H groups in total. The van der Waals surface area contributed by atoms with Crippen molar-refractivity contribution >= 4 is 35.0 Å². The van der Waals surface area contributed by atoms with Gasteiger partial charge in [-0.2, -0.15) is 0 Å². The minimum Gasteiger partial charge on any atom is -0.643 e. The van der Waals surface area contributed by atoms with Crippen LogP contribution in [0.1, 0.15) is 40.5 Å². The molecular formula is C19H23FeN4O5+. The van der Waals surface area contributed by atoms with Crippen LogP contribution in [-0.2, 0) is 41.7 Å². The number of nitrogens with zero attached hydrogens (tertiary/aromatic N) is 4. The zero-order chi connectivity index (χ0) is 20.0. The Balaban J connectivity index is 0.00000210. The maximum absolute atomic E-state index is 12.7. The summed E-state index contributed by atoms with van der Waals surface area (Å²) in [4.78, 5) is 50.6. The predicted molar refractivity (Wildman–Crippen MR) is 104 cm³/mol. The maximum atomic E-state index is 12.7. The van der Waals surface area contributed by atoms with E-state index in [1.54, 1.807) is 24.3 Å². The van der Waals surface area contributed by atoms with Crippen LogP contribution in [0.2, 0.25) is 0 Å². The number of para-hydroxylation sites is 2. The molecule has 1 aliphatic heterocycles. The van der Waals surface area contributed by atoms with Gasteiger partial charge in [0, 0.05) is 11.8 Å². The van der Waals surface area contributed by atoms with Gasteiger partial charge in [0.1, 0.15) is 0 Å². The first-order valence-electron chi connectivity index (χ1n) is 8.64. The summed E-state index contributed by atoms with van der Waals surface area (Å²) >= 11 is 0. The molecule has 1 aromatic carbocycles. The largest absolute Gasteiger partial charge is 4.00 e. The first kappa shape index (κ1) is 24.6. The van der Waals surface area contributed by atoms with Crippen molar-refractivity contribution < 1.29 is 41.7 Å². The average Bonchev–Trinajstić information content (AvgIpc) is 3.37. The van der Waals surface area contributed by atoms with Crippen LogP contribution in [0, 0.1) is 5.41 Å². The van der Waals surface area contributed by atoms with Crippen molar-refractivity contribution in [1.82, 2.24) is 0 Å². The number of rotatable bonds is 0. The summed E-state index contributed by atoms with van der Waals surface area (Å²) in [5.74, 6) is -2.72. The third kappa shape index (κ3) is 4.60. The molecule has 9 nitrogen and oxygen atoms in total. The molecule has 4 amide bonds. The summed E-state index contributed by atoms with van der Waals surface area (Å²) in [6.07, 6.45) is 0.585. The Morgan fingerprint density at radius 2 is 1.03 bits per heavy atom. The molecule has 1 spiro atoms. The van der Waals surface area contributed by atoms with E-state index in [2.05, 4.69) is 21.3 Å². The van der Waals surface area contributed by atoms with Crippen LogP contribution in [-0.4, -0.2) is 34.7 Å². The van der Waals surface area contributed by atoms with E-state index in [1.807, 2.05) is 0 Å². The van der Waals surface area contributed by atoms with E-state index in [0.717, 1.165) is 0 Å². The van der Waals surface area contributed by atoms with Crippen LogP contribution in [0.3, 0.4) is 0 Å². The number of carbonyl (C=O) groups excluding carboxylic acids is 4. The maximum Gasteiger partial charge on any atom is 4.00 e. The van der Waals surface area contributed by atoms with Crippen molar-refractivity contribution in [3.8, 4) is 0 Å². The van der Waals surface area contributed by atoms with Gasteiger partial charge in [0.15, 0.2) is 0 Å². The van der Waals surface area contributed by atoms with Gasteiger partial charge in [0.05, 0.1) is 17.2 Å². The first-order chi connectivity index (χ1) is 12.5. The number of amides is 4. The van der Waals surface area contributed by atoms with E-state index in [9.17, 15) is 19.2 Å². The normalized spacial score (nSPS) is 21.8. The monoisotopic (exact) mass is 443 g/mol. The molecule has 0 atom stereocenters. The Labute approximate surface area is 179 Å². The smallest absolute Gasteiger partial charge is 0.643 e. The molecule has 2 aliphatic rings. The van der Waals surface area contributed by atoms with E-state index in [-0.39, 0.29) is 33.9 Å². The molecule has 0 radical (unpaired) electrons. The molecule has 1 fully saturated rings. The van der Waals surface area contributed by atoms with Gasteiger partial charge in [0.25, 0.3) is 0 Å². The molecule has 0 aromatic heterocycles. The summed E-state index contributed by atoms with van der Waals surface area (Å²) in [5, 5.41) is 16.0. The van der Waals surface area contributed by atoms with Crippen LogP contribution in [0.4, 0.5) is 11.4 Å². The fourth-order valence-corrected chi connectivity index (χ4v) is 2.61. The van der Waals surface area contributed by atoms with Gasteiger partial charge in [0.2, 0.25) is 0 Å². The van der Waals surface area contributed by atoms with E-state index < -0.39 is 40.1 Å². The van der Waals surface area contributed by atoms with Gasteiger partial charge in [-0.05, 0) is 12.8 Å². The minimum atomic E-state index is -1.45. The molecule has 156 valence electrons. The molecule has 1 saturated carbocycles. The molecule has 3 rings (SSSR count). The summed E-state index contributed by atoms with van der Waals surface area (Å²) < 4.78 is 0. The van der Waals surface area contributed by atoms with Gasteiger partial charge in [-0.25, -0.2) is 0 Å². The minimum absolute atomic E-state index is 0. The van der Waals surface area contributed by atoms with Crippen molar-refractivity contribution in [2.45, 2.75) is 51.6 Å². The second-order valence-electron chi connectivity index (χ2n) is 7.86. The molecule has 0 unspecified atom stereocenters. The fourth-order valence-electron chi connectivity index (χ4n) is 2.61. The zero-order valence-electron chi connectivity index (χ0n) is 16.6. The van der Waals surface area contributed by atoms with Crippen LogP contribution < -0.4 is 0 Å². The van der Waals surface area contributed by atoms with Crippen LogP contribution in [0.15, 0.2) is 24.3 Å². The number of carbonyl (C=O) groups is 4. The number of hydrogen-bond acceptors (Lipinski definition) is 4. The van der Waals surface area contributed by atoms with Crippen molar-refractivity contribution in [3.05, 3.63) is 45.5 Å². The summed E-state index contributed by atoms with van der Waals surface area (Å²) in [7, 11) is 0.